The number of hydrogen-bond donors (Lipinski definition) is 3. The summed E-state index contributed by atoms with van der Waals surface area (Å²) < 4.78 is 0. The number of carbonyl (C=O) groups excluding carboxylic acids is 1. The van der Waals surface area contributed by atoms with Crippen molar-refractivity contribution in [2.24, 2.45) is 0 Å². The van der Waals surface area contributed by atoms with Crippen molar-refractivity contribution in [3.8, 4) is 0 Å². The molecule has 0 bridgehead atoms. The summed E-state index contributed by atoms with van der Waals surface area (Å²) in [5.41, 5.74) is 0. The smallest absolute Gasteiger partial charge is 0.652 e. The van der Waals surface area contributed by atoms with E-state index in [0.717, 1.165) is 0 Å². The Morgan fingerprint density at radius 3 is 1.40 bits per heavy atom. The van der Waals surface area contributed by atoms with Crippen LogP contribution in [0.2, 0.25) is 0 Å². The van der Waals surface area contributed by atoms with Crippen LogP contribution in [0.3, 0.4) is 0 Å². The van der Waals surface area contributed by atoms with Crippen LogP contribution in [0.5, 0.6) is 0 Å². The van der Waals surface area contributed by atoms with E-state index in [0.29, 0.717) is 0 Å². The fraction of sp³-hybridized carbons (Fsp3) is 0.400. The fourth-order valence-corrected chi connectivity index (χ4v) is 0.253. The molecule has 0 spiro atoms. The molecule has 0 aromatic carbocycles. The number of aliphatic carboxylic acids is 2. The van der Waals surface area contributed by atoms with E-state index in [9.17, 15) is 9.59 Å². The summed E-state index contributed by atoms with van der Waals surface area (Å²) in [6, 6.07) is 0. The molecule has 1 unspecified atom stereocenters. The second-order valence-corrected chi connectivity index (χ2v) is 1.70. The number of aliphatic hydroxyl groups excluding tert-OH is 1. The van der Waals surface area contributed by atoms with Gasteiger partial charge in [0.2, 0.25) is 0 Å². The molecule has 0 amide bonds. The van der Waals surface area contributed by atoms with Crippen molar-refractivity contribution in [2.45, 2.75) is 12.5 Å². The van der Waals surface area contributed by atoms with Crippen molar-refractivity contribution in [1.29, 1.82) is 0 Å². The Kier molecular flexibility index (Phi) is 23.1. The van der Waals surface area contributed by atoms with Gasteiger partial charge < -0.3 is 30.3 Å². The van der Waals surface area contributed by atoms with E-state index >= 15 is 0 Å². The van der Waals surface area contributed by atoms with E-state index in [1.165, 1.54) is 0 Å². The zero-order valence-electron chi connectivity index (χ0n) is 8.17. The molecule has 0 fully saturated rings. The molecule has 0 heterocycles. The Bertz CT molecular complexity index is 201. The minimum Gasteiger partial charge on any atom is -0.652 e. The van der Waals surface area contributed by atoms with Crippen molar-refractivity contribution < 1.29 is 99.0 Å². The Morgan fingerprint density at radius 1 is 1.07 bits per heavy atom. The Labute approximate surface area is 128 Å². The number of carboxylic acid groups (broad SMARTS) is 4. The van der Waals surface area contributed by atoms with Crippen LogP contribution in [-0.2, 0) is 9.59 Å². The average Bonchev–Trinajstić information content (AvgIpc) is 1.83. The van der Waals surface area contributed by atoms with E-state index in [4.69, 9.17) is 30.3 Å². The molecule has 0 saturated heterocycles. The predicted molar refractivity (Wildman–Crippen MR) is 31.3 cm³/mol. The van der Waals surface area contributed by atoms with Gasteiger partial charge in [-0.3, -0.25) is 4.79 Å². The predicted octanol–water partition coefficient (Wildman–Crippen LogP) is -9.53. The third-order valence-electron chi connectivity index (χ3n) is 0.653. The summed E-state index contributed by atoms with van der Waals surface area (Å²) in [5, 5.41) is 40.8. The molecule has 0 radical (unpaired) electrons. The van der Waals surface area contributed by atoms with Gasteiger partial charge in [-0.2, -0.15) is 0 Å². The summed E-state index contributed by atoms with van der Waals surface area (Å²) in [5.74, 6) is -2.85. The van der Waals surface area contributed by atoms with Gasteiger partial charge in [0.05, 0.1) is 6.42 Å². The van der Waals surface area contributed by atoms with Crippen molar-refractivity contribution >= 4 is 18.1 Å². The molecule has 0 rings (SSSR count). The molecule has 0 aliphatic heterocycles. The quantitative estimate of drug-likeness (QED) is 0.410. The zero-order chi connectivity index (χ0) is 11.0. The van der Waals surface area contributed by atoms with Crippen molar-refractivity contribution in [1.82, 2.24) is 0 Å². The largest absolute Gasteiger partial charge is 1.00 e. The maximum atomic E-state index is 9.72. The average molecular weight is 240 g/mol. The van der Waals surface area contributed by atoms with Crippen LogP contribution in [0.1, 0.15) is 6.42 Å². The van der Waals surface area contributed by atoms with Gasteiger partial charge in [-0.15, -0.1) is 0 Å². The first-order valence-corrected chi connectivity index (χ1v) is 2.78. The summed E-state index contributed by atoms with van der Waals surface area (Å²) in [6.45, 7) is 0. The van der Waals surface area contributed by atoms with Gasteiger partial charge in [0.15, 0.2) is 6.10 Å². The summed E-state index contributed by atoms with van der Waals surface area (Å²) >= 11 is 0. The van der Waals surface area contributed by atoms with Gasteiger partial charge in [0, 0.05) is 0 Å². The van der Waals surface area contributed by atoms with Crippen LogP contribution >= 0.6 is 0 Å². The molecule has 0 saturated carbocycles. The van der Waals surface area contributed by atoms with Crippen LogP contribution in [-0.4, -0.2) is 39.5 Å². The fourth-order valence-electron chi connectivity index (χ4n) is 0.253. The zero-order valence-corrected chi connectivity index (χ0v) is 12.2. The van der Waals surface area contributed by atoms with Crippen molar-refractivity contribution in [3.63, 3.8) is 0 Å². The second-order valence-electron chi connectivity index (χ2n) is 1.70. The van der Waals surface area contributed by atoms with Crippen molar-refractivity contribution in [3.05, 3.63) is 0 Å². The SMILES string of the molecule is O=C(O)CC(O)C(=O)O.O=C([O-])[O-].[Na+].[Na+]. The molecular formula is C5H6Na2O8. The van der Waals surface area contributed by atoms with Crippen LogP contribution in [0.4, 0.5) is 4.79 Å². The maximum Gasteiger partial charge on any atom is 1.00 e. The van der Waals surface area contributed by atoms with Gasteiger partial charge in [0.25, 0.3) is 0 Å². The van der Waals surface area contributed by atoms with E-state index in [1.54, 1.807) is 0 Å². The van der Waals surface area contributed by atoms with Gasteiger partial charge in [0.1, 0.15) is 0 Å². The van der Waals surface area contributed by atoms with E-state index < -0.39 is 30.6 Å². The first-order valence-electron chi connectivity index (χ1n) is 2.78. The van der Waals surface area contributed by atoms with Crippen LogP contribution < -0.4 is 69.3 Å². The van der Waals surface area contributed by atoms with Gasteiger partial charge in [-0.1, -0.05) is 0 Å². The second kappa shape index (κ2) is 14.2. The van der Waals surface area contributed by atoms with E-state index in [1.807, 2.05) is 0 Å². The molecule has 0 aromatic rings. The monoisotopic (exact) mass is 240 g/mol. The van der Waals surface area contributed by atoms with Gasteiger partial charge in [-0.25, -0.2) is 4.79 Å². The van der Waals surface area contributed by atoms with E-state index in [2.05, 4.69) is 0 Å². The summed E-state index contributed by atoms with van der Waals surface area (Å²) in [7, 11) is 0. The van der Waals surface area contributed by atoms with Gasteiger partial charge in [-0.05, 0) is 6.16 Å². The third kappa shape index (κ3) is 31.4. The summed E-state index contributed by atoms with van der Waals surface area (Å²) in [6.07, 6.45) is -4.88. The molecule has 3 N–H and O–H groups in total. The first kappa shape index (κ1) is 24.4. The Hall–Kier alpha value is 0.170. The minimum absolute atomic E-state index is 0. The number of rotatable bonds is 3. The molecule has 0 aromatic heterocycles. The number of carboxylic acids is 2. The maximum absolute atomic E-state index is 9.72. The number of hydrogen-bond acceptors (Lipinski definition) is 6. The standard InChI is InChI=1S/C4H6O5.CH2O3.2Na/c5-2(4(8)9)1-3(6)7;2-1(3)4;;/h2,5H,1H2,(H,6,7)(H,8,9);(H2,2,3,4);;/q;;2*+1/p-2. The topological polar surface area (TPSA) is 158 Å². The summed E-state index contributed by atoms with van der Waals surface area (Å²) in [4.78, 5) is 27.7. The molecule has 76 valence electrons. The number of carbonyl (C=O) groups is 3. The van der Waals surface area contributed by atoms with Crippen LogP contribution in [0.15, 0.2) is 0 Å². The normalized spacial score (nSPS) is 9.13. The third-order valence-corrected chi connectivity index (χ3v) is 0.653. The van der Waals surface area contributed by atoms with Crippen LogP contribution in [0, 0.1) is 0 Å². The molecule has 1 atom stereocenters. The molecule has 10 heteroatoms. The Balaban J connectivity index is -0.0000000883. The van der Waals surface area contributed by atoms with Crippen LogP contribution in [0.25, 0.3) is 0 Å². The van der Waals surface area contributed by atoms with Gasteiger partial charge >= 0.3 is 71.1 Å². The molecule has 0 aliphatic carbocycles. The molecular weight excluding hydrogens is 234 g/mol. The molecule has 0 aliphatic rings. The Morgan fingerprint density at radius 2 is 1.33 bits per heavy atom. The first-order chi connectivity index (χ1) is 5.77. The minimum atomic E-state index is -2.33. The van der Waals surface area contributed by atoms with Crippen molar-refractivity contribution in [2.75, 3.05) is 0 Å². The molecule has 15 heavy (non-hydrogen) atoms. The number of aliphatic hydroxyl groups is 1. The van der Waals surface area contributed by atoms with E-state index in [-0.39, 0.29) is 59.1 Å². The molecule has 8 nitrogen and oxygen atoms in total.